The maximum atomic E-state index is 11.8. The molecule has 1 aromatic carbocycles. The highest BCUT2D eigenvalue weighted by molar-refractivity contribution is 6.00. The smallest absolute Gasteiger partial charge is 0.224 e. The van der Waals surface area contributed by atoms with Crippen molar-refractivity contribution in [3.05, 3.63) is 55.0 Å². The number of benzene rings is 1. The van der Waals surface area contributed by atoms with Crippen molar-refractivity contribution in [2.45, 2.75) is 32.6 Å². The largest absolute Gasteiger partial charge is 0.356 e. The summed E-state index contributed by atoms with van der Waals surface area (Å²) in [6.45, 7) is 3.93. The van der Waals surface area contributed by atoms with Gasteiger partial charge in [-0.15, -0.1) is 0 Å². The number of nitrogens with zero attached hydrogens (tertiary/aromatic N) is 4. The molecule has 8 nitrogen and oxygen atoms in total. The molecule has 0 saturated carbocycles. The summed E-state index contributed by atoms with van der Waals surface area (Å²) >= 11 is 0. The van der Waals surface area contributed by atoms with Gasteiger partial charge in [-0.1, -0.05) is 13.0 Å². The van der Waals surface area contributed by atoms with Crippen molar-refractivity contribution in [2.24, 2.45) is 0 Å². The number of pyridine rings is 2. The van der Waals surface area contributed by atoms with Gasteiger partial charge in [0.1, 0.15) is 11.5 Å². The molecule has 35 heavy (non-hydrogen) atoms. The molecule has 4 aromatic heterocycles. The Morgan fingerprint density at radius 2 is 1.89 bits per heavy atom. The fourth-order valence-corrected chi connectivity index (χ4v) is 4.84. The third-order valence-electron chi connectivity index (χ3n) is 6.68. The molecular weight excluding hydrogens is 438 g/mol. The lowest BCUT2D eigenvalue weighted by atomic mass is 10.0. The molecule has 176 valence electrons. The molecule has 5 heterocycles. The first-order chi connectivity index (χ1) is 17.2. The summed E-state index contributed by atoms with van der Waals surface area (Å²) in [7, 11) is 0. The van der Waals surface area contributed by atoms with Crippen LogP contribution in [-0.2, 0) is 4.79 Å². The summed E-state index contributed by atoms with van der Waals surface area (Å²) in [5.74, 6) is 1.01. The second-order valence-corrected chi connectivity index (χ2v) is 9.02. The van der Waals surface area contributed by atoms with Crippen molar-refractivity contribution in [1.29, 1.82) is 0 Å². The topological polar surface area (TPSA) is 103 Å². The van der Waals surface area contributed by atoms with Crippen LogP contribution in [0.2, 0.25) is 0 Å². The Balaban J connectivity index is 1.39. The van der Waals surface area contributed by atoms with Crippen molar-refractivity contribution in [2.75, 3.05) is 23.3 Å². The number of H-pyrrole nitrogens is 2. The van der Waals surface area contributed by atoms with E-state index in [4.69, 9.17) is 4.98 Å². The maximum Gasteiger partial charge on any atom is 0.224 e. The van der Waals surface area contributed by atoms with Crippen LogP contribution in [0.1, 0.15) is 32.6 Å². The summed E-state index contributed by atoms with van der Waals surface area (Å²) in [6.07, 6.45) is 9.48. The predicted molar refractivity (Wildman–Crippen MR) is 139 cm³/mol. The molecule has 6 rings (SSSR count). The van der Waals surface area contributed by atoms with Gasteiger partial charge in [0.05, 0.1) is 28.6 Å². The lowest BCUT2D eigenvalue weighted by molar-refractivity contribution is -0.115. The number of hydrogen-bond donors (Lipinski definition) is 3. The lowest BCUT2D eigenvalue weighted by Crippen LogP contribution is -2.30. The molecule has 1 amide bonds. The van der Waals surface area contributed by atoms with Gasteiger partial charge in [0.2, 0.25) is 5.91 Å². The first kappa shape index (κ1) is 21.3. The maximum absolute atomic E-state index is 11.8. The van der Waals surface area contributed by atoms with E-state index in [9.17, 15) is 4.79 Å². The number of piperidine rings is 1. The monoisotopic (exact) mass is 465 g/mol. The van der Waals surface area contributed by atoms with Crippen molar-refractivity contribution in [3.63, 3.8) is 0 Å². The molecule has 0 aliphatic carbocycles. The van der Waals surface area contributed by atoms with Crippen LogP contribution in [-0.4, -0.2) is 44.1 Å². The minimum Gasteiger partial charge on any atom is -0.356 e. The number of carbonyl (C=O) groups is 1. The molecule has 0 spiro atoms. The van der Waals surface area contributed by atoms with E-state index in [0.29, 0.717) is 12.1 Å². The summed E-state index contributed by atoms with van der Waals surface area (Å²) in [4.78, 5) is 26.8. The number of anilines is 2. The van der Waals surface area contributed by atoms with Gasteiger partial charge in [-0.05, 0) is 55.2 Å². The van der Waals surface area contributed by atoms with E-state index in [2.05, 4.69) is 42.5 Å². The van der Waals surface area contributed by atoms with Gasteiger partial charge in [-0.3, -0.25) is 14.9 Å². The van der Waals surface area contributed by atoms with Crippen molar-refractivity contribution >= 4 is 39.2 Å². The van der Waals surface area contributed by atoms with Crippen LogP contribution >= 0.6 is 0 Å². The van der Waals surface area contributed by atoms with Crippen molar-refractivity contribution in [1.82, 2.24) is 25.1 Å². The minimum atomic E-state index is -0.0336. The normalized spacial score (nSPS) is 14.0. The van der Waals surface area contributed by atoms with Crippen LogP contribution in [0.15, 0.2) is 55.0 Å². The Morgan fingerprint density at radius 1 is 1.00 bits per heavy atom. The molecule has 1 fully saturated rings. The number of amides is 1. The van der Waals surface area contributed by atoms with Crippen LogP contribution in [0.4, 0.5) is 11.5 Å². The van der Waals surface area contributed by atoms with E-state index in [0.717, 1.165) is 63.2 Å². The average Bonchev–Trinajstić information content (AvgIpc) is 3.53. The van der Waals surface area contributed by atoms with Gasteiger partial charge in [0.25, 0.3) is 0 Å². The van der Waals surface area contributed by atoms with Crippen molar-refractivity contribution in [3.8, 4) is 22.5 Å². The van der Waals surface area contributed by atoms with Gasteiger partial charge in [0, 0.05) is 48.2 Å². The Bertz CT molecular complexity index is 1530. The van der Waals surface area contributed by atoms with Crippen LogP contribution in [0.3, 0.4) is 0 Å². The molecule has 3 N–H and O–H groups in total. The number of rotatable bonds is 5. The zero-order chi connectivity index (χ0) is 23.8. The number of aromatic amines is 2. The molecule has 0 atom stereocenters. The van der Waals surface area contributed by atoms with Gasteiger partial charge >= 0.3 is 0 Å². The standard InChI is InChI=1S/C27H27N7O/c1-2-25(35)30-19-12-18(15-28-16-19)17-6-7-23-20(13-17)26(33-32-23)24-14-21-22(31-24)8-9-29-27(21)34-10-4-3-5-11-34/h6-9,12-16,31H,2-5,10-11H2,1H3,(H,30,35)(H,32,33). The number of carbonyl (C=O) groups excluding carboxylic acids is 1. The molecule has 1 aliphatic rings. The third kappa shape index (κ3) is 4.01. The molecule has 0 bridgehead atoms. The van der Waals surface area contributed by atoms with E-state index in [1.165, 1.54) is 19.3 Å². The first-order valence-electron chi connectivity index (χ1n) is 12.2. The van der Waals surface area contributed by atoms with Crippen LogP contribution in [0.5, 0.6) is 0 Å². The summed E-state index contributed by atoms with van der Waals surface area (Å²) in [6, 6.07) is 12.3. The van der Waals surface area contributed by atoms with Crippen LogP contribution in [0.25, 0.3) is 44.3 Å². The van der Waals surface area contributed by atoms with Gasteiger partial charge in [0.15, 0.2) is 0 Å². The minimum absolute atomic E-state index is 0.0336. The highest BCUT2D eigenvalue weighted by Crippen LogP contribution is 2.34. The Kier molecular flexibility index (Phi) is 5.41. The lowest BCUT2D eigenvalue weighted by Gasteiger charge is -2.28. The van der Waals surface area contributed by atoms with Crippen LogP contribution in [0, 0.1) is 0 Å². The second-order valence-electron chi connectivity index (χ2n) is 9.02. The number of nitrogens with one attached hydrogen (secondary N) is 3. The zero-order valence-corrected chi connectivity index (χ0v) is 19.6. The first-order valence-corrected chi connectivity index (χ1v) is 12.2. The third-order valence-corrected chi connectivity index (χ3v) is 6.68. The molecule has 0 unspecified atom stereocenters. The van der Waals surface area contributed by atoms with E-state index >= 15 is 0 Å². The summed E-state index contributed by atoms with van der Waals surface area (Å²) < 4.78 is 0. The van der Waals surface area contributed by atoms with E-state index in [1.807, 2.05) is 43.6 Å². The summed E-state index contributed by atoms with van der Waals surface area (Å²) in [5, 5.41) is 12.8. The van der Waals surface area contributed by atoms with Crippen LogP contribution < -0.4 is 10.2 Å². The molecule has 5 aromatic rings. The summed E-state index contributed by atoms with van der Waals surface area (Å²) in [5.41, 5.74) is 6.47. The molecule has 1 aliphatic heterocycles. The van der Waals surface area contributed by atoms with Gasteiger partial charge in [-0.25, -0.2) is 4.98 Å². The second kappa shape index (κ2) is 8.87. The molecule has 0 radical (unpaired) electrons. The zero-order valence-electron chi connectivity index (χ0n) is 19.6. The highest BCUT2D eigenvalue weighted by Gasteiger charge is 2.18. The van der Waals surface area contributed by atoms with E-state index in [-0.39, 0.29) is 5.91 Å². The molecular formula is C27H27N7O. The fourth-order valence-electron chi connectivity index (χ4n) is 4.84. The molecule has 1 saturated heterocycles. The van der Waals surface area contributed by atoms with E-state index < -0.39 is 0 Å². The average molecular weight is 466 g/mol. The number of fused-ring (bicyclic) bond motifs is 2. The Morgan fingerprint density at radius 3 is 2.74 bits per heavy atom. The van der Waals surface area contributed by atoms with Crippen molar-refractivity contribution < 1.29 is 4.79 Å². The number of aromatic nitrogens is 5. The molecule has 8 heteroatoms. The highest BCUT2D eigenvalue weighted by atomic mass is 16.1. The van der Waals surface area contributed by atoms with Gasteiger partial charge < -0.3 is 15.2 Å². The van der Waals surface area contributed by atoms with Gasteiger partial charge in [-0.2, -0.15) is 5.10 Å². The fraction of sp³-hybridized carbons (Fsp3) is 0.259. The quantitative estimate of drug-likeness (QED) is 0.318. The number of hydrogen-bond acceptors (Lipinski definition) is 5. The Hall–Kier alpha value is -4.20. The Labute approximate surface area is 202 Å². The predicted octanol–water partition coefficient (Wildman–Crippen LogP) is 5.51. The SMILES string of the molecule is CCC(=O)Nc1cncc(-c2ccc3[nH]nc(-c4cc5c(N6CCCCC6)nccc5[nH]4)c3c2)c1. The van der Waals surface area contributed by atoms with E-state index in [1.54, 1.807) is 6.20 Å².